The minimum Gasteiger partial charge on any atom is -0.480 e. The molecule has 2 N–H and O–H groups in total. The molecule has 0 atom stereocenters. The van der Waals surface area contributed by atoms with E-state index in [1.54, 1.807) is 23.0 Å². The fraction of sp³-hybridized carbons (Fsp3) is 0.278. The SMILES string of the molecule is COc1ncccc1C(=O)NCCNc1ccc(-n2nc(C)cc2C)nn1. The van der Waals surface area contributed by atoms with Crippen molar-refractivity contribution in [3.8, 4) is 11.7 Å². The van der Waals surface area contributed by atoms with Crippen molar-refractivity contribution >= 4 is 11.7 Å². The molecule has 27 heavy (non-hydrogen) atoms. The first-order valence-corrected chi connectivity index (χ1v) is 8.47. The molecule has 0 saturated heterocycles. The number of ether oxygens (including phenoxy) is 1. The molecule has 0 bridgehead atoms. The van der Waals surface area contributed by atoms with Gasteiger partial charge < -0.3 is 15.4 Å². The first kappa shape index (κ1) is 18.3. The number of carbonyl (C=O) groups is 1. The molecule has 0 aliphatic rings. The van der Waals surface area contributed by atoms with Crippen molar-refractivity contribution in [3.05, 3.63) is 53.5 Å². The van der Waals surface area contributed by atoms with Crippen LogP contribution in [0, 0.1) is 13.8 Å². The monoisotopic (exact) mass is 367 g/mol. The lowest BCUT2D eigenvalue weighted by molar-refractivity contribution is 0.0951. The van der Waals surface area contributed by atoms with Gasteiger partial charge in [0.25, 0.3) is 5.91 Å². The molecule has 0 fully saturated rings. The Hall–Kier alpha value is -3.49. The number of carbonyl (C=O) groups excluding carboxylic acids is 1. The summed E-state index contributed by atoms with van der Waals surface area (Å²) in [6, 6.07) is 9.00. The lowest BCUT2D eigenvalue weighted by Gasteiger charge is -2.09. The van der Waals surface area contributed by atoms with E-state index in [0.717, 1.165) is 11.4 Å². The van der Waals surface area contributed by atoms with E-state index < -0.39 is 0 Å². The predicted molar refractivity (Wildman–Crippen MR) is 100 cm³/mol. The molecule has 0 saturated carbocycles. The number of amides is 1. The molecule has 0 radical (unpaired) electrons. The lowest BCUT2D eigenvalue weighted by Crippen LogP contribution is -2.29. The van der Waals surface area contributed by atoms with Crippen LogP contribution in [-0.4, -0.2) is 51.1 Å². The van der Waals surface area contributed by atoms with Gasteiger partial charge in [0.1, 0.15) is 11.4 Å². The maximum absolute atomic E-state index is 12.2. The Morgan fingerprint density at radius 1 is 1.19 bits per heavy atom. The third kappa shape index (κ3) is 4.38. The number of methoxy groups -OCH3 is 1. The topological polar surface area (TPSA) is 107 Å². The Morgan fingerprint density at radius 2 is 2.04 bits per heavy atom. The fourth-order valence-electron chi connectivity index (χ4n) is 2.58. The van der Waals surface area contributed by atoms with Gasteiger partial charge in [-0.2, -0.15) is 5.10 Å². The zero-order valence-electron chi connectivity index (χ0n) is 15.4. The van der Waals surface area contributed by atoms with Crippen LogP contribution in [0.25, 0.3) is 5.82 Å². The summed E-state index contributed by atoms with van der Waals surface area (Å²) < 4.78 is 6.83. The summed E-state index contributed by atoms with van der Waals surface area (Å²) >= 11 is 0. The zero-order valence-corrected chi connectivity index (χ0v) is 15.4. The number of nitrogens with zero attached hydrogens (tertiary/aromatic N) is 5. The first-order valence-electron chi connectivity index (χ1n) is 8.47. The molecule has 140 valence electrons. The van der Waals surface area contributed by atoms with Gasteiger partial charge >= 0.3 is 0 Å². The van der Waals surface area contributed by atoms with E-state index in [9.17, 15) is 4.79 Å². The van der Waals surface area contributed by atoms with E-state index in [2.05, 4.69) is 30.9 Å². The molecule has 3 heterocycles. The number of hydrogen-bond donors (Lipinski definition) is 2. The molecular formula is C18H21N7O2. The van der Waals surface area contributed by atoms with Crippen LogP contribution in [0.1, 0.15) is 21.7 Å². The molecule has 0 unspecified atom stereocenters. The van der Waals surface area contributed by atoms with Gasteiger partial charge in [-0.3, -0.25) is 4.79 Å². The fourth-order valence-corrected chi connectivity index (χ4v) is 2.58. The van der Waals surface area contributed by atoms with Gasteiger partial charge in [-0.15, -0.1) is 10.2 Å². The van der Waals surface area contributed by atoms with Crippen molar-refractivity contribution in [1.82, 2.24) is 30.3 Å². The summed E-state index contributed by atoms with van der Waals surface area (Å²) in [6.45, 7) is 4.82. The van der Waals surface area contributed by atoms with E-state index >= 15 is 0 Å². The minimum atomic E-state index is -0.243. The average molecular weight is 367 g/mol. The third-order valence-corrected chi connectivity index (χ3v) is 3.80. The van der Waals surface area contributed by atoms with Crippen LogP contribution in [-0.2, 0) is 0 Å². The Kier molecular flexibility index (Phi) is 5.60. The van der Waals surface area contributed by atoms with Gasteiger partial charge in [0.05, 0.1) is 12.8 Å². The van der Waals surface area contributed by atoms with E-state index in [1.165, 1.54) is 7.11 Å². The first-order chi connectivity index (χ1) is 13.1. The minimum absolute atomic E-state index is 0.243. The highest BCUT2D eigenvalue weighted by Gasteiger charge is 2.12. The molecular weight excluding hydrogens is 346 g/mol. The largest absolute Gasteiger partial charge is 0.480 e. The Morgan fingerprint density at radius 3 is 2.70 bits per heavy atom. The van der Waals surface area contributed by atoms with Crippen LogP contribution < -0.4 is 15.4 Å². The summed E-state index contributed by atoms with van der Waals surface area (Å²) in [5.41, 5.74) is 2.32. The summed E-state index contributed by atoms with van der Waals surface area (Å²) in [4.78, 5) is 16.2. The predicted octanol–water partition coefficient (Wildman–Crippen LogP) is 1.52. The van der Waals surface area contributed by atoms with E-state index in [1.807, 2.05) is 32.0 Å². The maximum atomic E-state index is 12.2. The van der Waals surface area contributed by atoms with Crippen molar-refractivity contribution in [2.75, 3.05) is 25.5 Å². The van der Waals surface area contributed by atoms with E-state index in [0.29, 0.717) is 36.2 Å². The van der Waals surface area contributed by atoms with Gasteiger partial charge in [0.2, 0.25) is 5.88 Å². The standard InChI is InChI=1S/C18H21N7O2/c1-12-11-13(2)25(24-12)16-7-6-15(22-23-16)19-9-10-20-17(26)14-5-4-8-21-18(14)27-3/h4-8,11H,9-10H2,1-3H3,(H,19,22)(H,20,26). The summed E-state index contributed by atoms with van der Waals surface area (Å²) in [6.07, 6.45) is 1.57. The van der Waals surface area contributed by atoms with E-state index in [4.69, 9.17) is 4.74 Å². The average Bonchev–Trinajstić information content (AvgIpc) is 3.03. The van der Waals surface area contributed by atoms with Crippen molar-refractivity contribution in [1.29, 1.82) is 0 Å². The number of hydrogen-bond acceptors (Lipinski definition) is 7. The summed E-state index contributed by atoms with van der Waals surface area (Å²) in [5.74, 6) is 1.33. The van der Waals surface area contributed by atoms with Gasteiger partial charge in [-0.25, -0.2) is 9.67 Å². The van der Waals surface area contributed by atoms with Crippen LogP contribution >= 0.6 is 0 Å². The number of aryl methyl sites for hydroxylation is 2. The smallest absolute Gasteiger partial charge is 0.256 e. The molecule has 0 spiro atoms. The highest BCUT2D eigenvalue weighted by Crippen LogP contribution is 2.13. The number of pyridine rings is 1. The van der Waals surface area contributed by atoms with Crippen LogP contribution in [0.15, 0.2) is 36.5 Å². The van der Waals surface area contributed by atoms with Crippen LogP contribution in [0.3, 0.4) is 0 Å². The van der Waals surface area contributed by atoms with E-state index in [-0.39, 0.29) is 5.91 Å². The molecule has 1 amide bonds. The van der Waals surface area contributed by atoms with Crippen molar-refractivity contribution in [3.63, 3.8) is 0 Å². The Bertz CT molecular complexity index is 922. The maximum Gasteiger partial charge on any atom is 0.256 e. The number of aromatic nitrogens is 5. The number of nitrogens with one attached hydrogen (secondary N) is 2. The molecule has 0 aliphatic carbocycles. The van der Waals surface area contributed by atoms with Crippen LogP contribution in [0.5, 0.6) is 5.88 Å². The molecule has 9 heteroatoms. The van der Waals surface area contributed by atoms with Crippen molar-refractivity contribution in [2.24, 2.45) is 0 Å². The Labute approximate surface area is 156 Å². The molecule has 9 nitrogen and oxygen atoms in total. The second-order valence-electron chi connectivity index (χ2n) is 5.86. The normalized spacial score (nSPS) is 10.5. The summed E-state index contributed by atoms with van der Waals surface area (Å²) in [5, 5.41) is 18.6. The molecule has 0 aromatic carbocycles. The van der Waals surface area contributed by atoms with Crippen molar-refractivity contribution in [2.45, 2.75) is 13.8 Å². The van der Waals surface area contributed by atoms with Gasteiger partial charge in [0.15, 0.2) is 5.82 Å². The number of anilines is 1. The molecule has 3 aromatic rings. The number of rotatable bonds is 7. The van der Waals surface area contributed by atoms with Crippen LogP contribution in [0.4, 0.5) is 5.82 Å². The molecule has 3 aromatic heterocycles. The third-order valence-electron chi connectivity index (χ3n) is 3.80. The van der Waals surface area contributed by atoms with Crippen LogP contribution in [0.2, 0.25) is 0 Å². The van der Waals surface area contributed by atoms with Gasteiger partial charge in [-0.1, -0.05) is 0 Å². The highest BCUT2D eigenvalue weighted by atomic mass is 16.5. The van der Waals surface area contributed by atoms with Crippen molar-refractivity contribution < 1.29 is 9.53 Å². The molecule has 3 rings (SSSR count). The second-order valence-corrected chi connectivity index (χ2v) is 5.86. The van der Waals surface area contributed by atoms with Gasteiger partial charge in [-0.05, 0) is 44.2 Å². The second kappa shape index (κ2) is 8.26. The lowest BCUT2D eigenvalue weighted by atomic mass is 10.2. The molecule has 0 aliphatic heterocycles. The quantitative estimate of drug-likeness (QED) is 0.610. The Balaban J connectivity index is 1.51. The highest BCUT2D eigenvalue weighted by molar-refractivity contribution is 5.96. The zero-order chi connectivity index (χ0) is 19.2. The van der Waals surface area contributed by atoms with Gasteiger partial charge in [0, 0.05) is 25.0 Å². The summed E-state index contributed by atoms with van der Waals surface area (Å²) in [7, 11) is 1.48.